The highest BCUT2D eigenvalue weighted by Crippen LogP contribution is 2.38. The van der Waals surface area contributed by atoms with E-state index in [1.165, 1.54) is 0 Å². The van der Waals surface area contributed by atoms with Crippen molar-refractivity contribution in [2.75, 3.05) is 0 Å². The van der Waals surface area contributed by atoms with Crippen LogP contribution < -0.4 is 0 Å². The van der Waals surface area contributed by atoms with Gasteiger partial charge < -0.3 is 0 Å². The van der Waals surface area contributed by atoms with Crippen molar-refractivity contribution in [1.82, 2.24) is 0 Å². The summed E-state index contributed by atoms with van der Waals surface area (Å²) in [6, 6.07) is 0. The maximum absolute atomic E-state index is 11.7. The number of rotatable bonds is 0. The predicted octanol–water partition coefficient (Wildman–Crippen LogP) is 1.72. The monoisotopic (exact) mass is 208 g/mol. The maximum atomic E-state index is 11.7. The zero-order valence-corrected chi connectivity index (χ0v) is 8.44. The van der Waals surface area contributed by atoms with Gasteiger partial charge in [0, 0.05) is 0 Å². The van der Waals surface area contributed by atoms with Crippen molar-refractivity contribution in [3.8, 4) is 0 Å². The lowest BCUT2D eigenvalue weighted by Gasteiger charge is -2.37. The van der Waals surface area contributed by atoms with Gasteiger partial charge in [0.15, 0.2) is 9.84 Å². The largest absolute Gasteiger partial charge is 0.228 e. The molecule has 3 atom stereocenters. The van der Waals surface area contributed by atoms with Crippen molar-refractivity contribution < 1.29 is 8.42 Å². The Balaban J connectivity index is 2.34. The highest BCUT2D eigenvalue weighted by molar-refractivity contribution is 7.92. The fourth-order valence-corrected chi connectivity index (χ4v) is 5.53. The molecule has 2 saturated heterocycles. The van der Waals surface area contributed by atoms with E-state index in [4.69, 9.17) is 11.6 Å². The highest BCUT2D eigenvalue weighted by atomic mass is 35.5. The maximum Gasteiger partial charge on any atom is 0.157 e. The third-order valence-electron chi connectivity index (χ3n) is 3.07. The Labute approximate surface area is 78.2 Å². The first-order valence-electron chi connectivity index (χ1n) is 4.49. The molecule has 2 aliphatic rings. The topological polar surface area (TPSA) is 34.1 Å². The SMILES string of the molecule is O=S1(=O)[C@@H]2CCC[C@H]1[C@@H](Cl)CC2. The number of hydrogen-bond donors (Lipinski definition) is 0. The molecule has 0 N–H and O–H groups in total. The van der Waals surface area contributed by atoms with Crippen LogP contribution in [0, 0.1) is 0 Å². The van der Waals surface area contributed by atoms with Gasteiger partial charge >= 0.3 is 0 Å². The van der Waals surface area contributed by atoms with Crippen LogP contribution in [0.3, 0.4) is 0 Å². The molecule has 0 unspecified atom stereocenters. The number of sulfone groups is 1. The van der Waals surface area contributed by atoms with E-state index < -0.39 is 9.84 Å². The van der Waals surface area contributed by atoms with Crippen molar-refractivity contribution in [1.29, 1.82) is 0 Å². The van der Waals surface area contributed by atoms with Crippen molar-refractivity contribution in [3.63, 3.8) is 0 Å². The number of halogens is 1. The van der Waals surface area contributed by atoms with Gasteiger partial charge in [-0.05, 0) is 25.7 Å². The second-order valence-corrected chi connectivity index (χ2v) is 6.78. The summed E-state index contributed by atoms with van der Waals surface area (Å²) in [5.41, 5.74) is 0. The summed E-state index contributed by atoms with van der Waals surface area (Å²) >= 11 is 5.99. The molecular formula is C8H13ClO2S. The van der Waals surface area contributed by atoms with Crippen LogP contribution in [-0.4, -0.2) is 24.3 Å². The van der Waals surface area contributed by atoms with Crippen LogP contribution in [0.25, 0.3) is 0 Å². The van der Waals surface area contributed by atoms with Gasteiger partial charge in [-0.15, -0.1) is 11.6 Å². The van der Waals surface area contributed by atoms with E-state index in [2.05, 4.69) is 0 Å². The minimum Gasteiger partial charge on any atom is -0.228 e. The molecule has 0 saturated carbocycles. The summed E-state index contributed by atoms with van der Waals surface area (Å²) in [4.78, 5) is 0. The zero-order valence-electron chi connectivity index (χ0n) is 6.87. The van der Waals surface area contributed by atoms with Gasteiger partial charge in [-0.25, -0.2) is 8.42 Å². The smallest absolute Gasteiger partial charge is 0.157 e. The Kier molecular flexibility index (Phi) is 2.11. The minimum atomic E-state index is -2.85. The Morgan fingerprint density at radius 2 is 1.83 bits per heavy atom. The Hall–Kier alpha value is 0.240. The molecule has 0 spiro atoms. The third-order valence-corrected chi connectivity index (χ3v) is 6.55. The number of fused-ring (bicyclic) bond motifs is 2. The summed E-state index contributed by atoms with van der Waals surface area (Å²) in [5, 5.41) is -0.413. The minimum absolute atomic E-state index is 0.0637. The molecule has 0 radical (unpaired) electrons. The van der Waals surface area contributed by atoms with Crippen molar-refractivity contribution in [2.45, 2.75) is 48.0 Å². The van der Waals surface area contributed by atoms with E-state index in [1.54, 1.807) is 0 Å². The lowest BCUT2D eigenvalue weighted by molar-refractivity contribution is 0.436. The van der Waals surface area contributed by atoms with Crippen LogP contribution in [0.4, 0.5) is 0 Å². The average molecular weight is 209 g/mol. The van der Waals surface area contributed by atoms with E-state index in [9.17, 15) is 8.42 Å². The number of alkyl halides is 1. The van der Waals surface area contributed by atoms with E-state index in [0.717, 1.165) is 32.1 Å². The second kappa shape index (κ2) is 2.88. The van der Waals surface area contributed by atoms with Crippen LogP contribution in [0.1, 0.15) is 32.1 Å². The van der Waals surface area contributed by atoms with Crippen LogP contribution >= 0.6 is 11.6 Å². The molecule has 2 fully saturated rings. The van der Waals surface area contributed by atoms with Crippen molar-refractivity contribution in [3.05, 3.63) is 0 Å². The molecule has 0 aromatic rings. The van der Waals surface area contributed by atoms with Crippen LogP contribution in [0.15, 0.2) is 0 Å². The molecule has 2 nitrogen and oxygen atoms in total. The van der Waals surface area contributed by atoms with Gasteiger partial charge in [-0.3, -0.25) is 0 Å². The highest BCUT2D eigenvalue weighted by Gasteiger charge is 2.44. The molecule has 0 amide bonds. The second-order valence-electron chi connectivity index (χ2n) is 3.77. The van der Waals surface area contributed by atoms with Crippen molar-refractivity contribution in [2.24, 2.45) is 0 Å². The summed E-state index contributed by atoms with van der Waals surface area (Å²) < 4.78 is 23.4. The van der Waals surface area contributed by atoms with E-state index in [-0.39, 0.29) is 15.9 Å². The normalized spacial score (nSPS) is 45.6. The average Bonchev–Trinajstić information content (AvgIpc) is 1.95. The molecule has 0 aromatic carbocycles. The molecule has 2 heterocycles. The zero-order chi connectivity index (χ0) is 8.77. The molecule has 4 heteroatoms. The third kappa shape index (κ3) is 1.18. The first-order chi connectivity index (χ1) is 5.62. The first-order valence-corrected chi connectivity index (χ1v) is 6.54. The first kappa shape index (κ1) is 8.82. The molecule has 2 rings (SSSR count). The molecule has 2 bridgehead atoms. The Bertz CT molecular complexity index is 273. The van der Waals surface area contributed by atoms with Gasteiger partial charge in [0.05, 0.1) is 15.9 Å². The lowest BCUT2D eigenvalue weighted by atomic mass is 9.98. The molecule has 2 aliphatic heterocycles. The van der Waals surface area contributed by atoms with Gasteiger partial charge in [0.2, 0.25) is 0 Å². The molecule has 0 aromatic heterocycles. The van der Waals surface area contributed by atoms with Gasteiger partial charge in [0.25, 0.3) is 0 Å². The fraction of sp³-hybridized carbons (Fsp3) is 1.00. The van der Waals surface area contributed by atoms with E-state index in [0.29, 0.717) is 0 Å². The van der Waals surface area contributed by atoms with Crippen molar-refractivity contribution >= 4 is 21.4 Å². The Morgan fingerprint density at radius 1 is 1.08 bits per heavy atom. The summed E-state index contributed by atoms with van der Waals surface area (Å²) in [5.74, 6) is 0. The molecule has 70 valence electrons. The van der Waals surface area contributed by atoms with E-state index >= 15 is 0 Å². The fourth-order valence-electron chi connectivity index (χ4n) is 2.35. The van der Waals surface area contributed by atoms with Crippen LogP contribution in [-0.2, 0) is 9.84 Å². The summed E-state index contributed by atoms with van der Waals surface area (Å²) in [7, 11) is -2.85. The van der Waals surface area contributed by atoms with Gasteiger partial charge in [-0.1, -0.05) is 6.42 Å². The summed E-state index contributed by atoms with van der Waals surface area (Å²) in [6.45, 7) is 0. The Morgan fingerprint density at radius 3 is 2.50 bits per heavy atom. The molecule has 0 aliphatic carbocycles. The van der Waals surface area contributed by atoms with Crippen LogP contribution in [0.5, 0.6) is 0 Å². The van der Waals surface area contributed by atoms with Crippen LogP contribution in [0.2, 0.25) is 0 Å². The quantitative estimate of drug-likeness (QED) is 0.569. The standard InChI is InChI=1S/C8H13ClO2S/c9-7-5-4-6-2-1-3-8(7)12(6,10)11/h6-8H,1-5H2/t6-,7+,8+/m1/s1. The van der Waals surface area contributed by atoms with Gasteiger partial charge in [-0.2, -0.15) is 0 Å². The number of hydrogen-bond acceptors (Lipinski definition) is 2. The molecular weight excluding hydrogens is 196 g/mol. The predicted molar refractivity (Wildman–Crippen MR) is 49.2 cm³/mol. The lowest BCUT2D eigenvalue weighted by Crippen LogP contribution is -2.46. The molecule has 12 heavy (non-hydrogen) atoms. The summed E-state index contributed by atoms with van der Waals surface area (Å²) in [6.07, 6.45) is 4.36. The van der Waals surface area contributed by atoms with E-state index in [1.807, 2.05) is 0 Å². The van der Waals surface area contributed by atoms with Gasteiger partial charge in [0.1, 0.15) is 0 Å².